The minimum absolute atomic E-state index is 0.0373. The third kappa shape index (κ3) is 5.79. The summed E-state index contributed by atoms with van der Waals surface area (Å²) in [7, 11) is -4.09. The predicted molar refractivity (Wildman–Crippen MR) is 152 cm³/mol. The molecule has 0 N–H and O–H groups in total. The number of esters is 1. The Kier molecular flexibility index (Phi) is 7.77. The van der Waals surface area contributed by atoms with Gasteiger partial charge in [0.15, 0.2) is 4.90 Å². The zero-order valence-corrected chi connectivity index (χ0v) is 22.9. The van der Waals surface area contributed by atoms with Crippen LogP contribution in [0.15, 0.2) is 94.4 Å². The zero-order valence-electron chi connectivity index (χ0n) is 22.0. The molecule has 2 aliphatic rings. The molecule has 0 aromatic heterocycles. The van der Waals surface area contributed by atoms with Crippen LogP contribution in [0.4, 0.5) is 11.4 Å². The SMILES string of the molecule is CC1=NN(c2ccccc2)C(=O)/C1=C\c1ccc(OC(=O)C2CCN(S(=O)(=O)c3ccccc3[N+](=O)[O-])CC2)cc1. The van der Waals surface area contributed by atoms with Gasteiger partial charge < -0.3 is 4.74 Å². The fraction of sp³-hybridized carbons (Fsp3) is 0.207. The summed E-state index contributed by atoms with van der Waals surface area (Å²) in [5, 5.41) is 17.0. The standard InChI is InChI=1S/C29H26N4O7S/c1-20-25(28(34)32(30-20)23-7-3-2-4-8-23)19-21-11-13-24(14-12-21)40-29(35)22-15-17-31(18-16-22)41(38,39)27-10-6-5-9-26(27)33(36)37/h2-14,19,22H,15-18H2,1H3/b25-19-. The fourth-order valence-electron chi connectivity index (χ4n) is 4.72. The second kappa shape index (κ2) is 11.4. The Bertz CT molecular complexity index is 1660. The summed E-state index contributed by atoms with van der Waals surface area (Å²) in [5.41, 5.74) is 1.96. The van der Waals surface area contributed by atoms with Crippen molar-refractivity contribution >= 4 is 45.1 Å². The first kappa shape index (κ1) is 27.9. The molecule has 1 fully saturated rings. The number of ether oxygens (including phenoxy) is 1. The maximum Gasteiger partial charge on any atom is 0.314 e. The van der Waals surface area contributed by atoms with E-state index in [1.54, 1.807) is 49.4 Å². The smallest absolute Gasteiger partial charge is 0.314 e. The number of hydrogen-bond donors (Lipinski definition) is 0. The van der Waals surface area contributed by atoms with Crippen molar-refractivity contribution in [1.29, 1.82) is 0 Å². The highest BCUT2D eigenvalue weighted by molar-refractivity contribution is 7.89. The lowest BCUT2D eigenvalue weighted by Crippen LogP contribution is -2.41. The largest absolute Gasteiger partial charge is 0.426 e. The highest BCUT2D eigenvalue weighted by atomic mass is 32.2. The van der Waals surface area contributed by atoms with Gasteiger partial charge in [-0.1, -0.05) is 42.5 Å². The molecule has 0 atom stereocenters. The molecule has 41 heavy (non-hydrogen) atoms. The van der Waals surface area contributed by atoms with Crippen LogP contribution in [0.5, 0.6) is 5.75 Å². The molecular formula is C29H26N4O7S. The van der Waals surface area contributed by atoms with Gasteiger partial charge in [0.05, 0.1) is 27.8 Å². The van der Waals surface area contributed by atoms with Gasteiger partial charge in [0, 0.05) is 19.2 Å². The number of piperidine rings is 1. The van der Waals surface area contributed by atoms with Crippen LogP contribution in [0.25, 0.3) is 6.08 Å². The summed E-state index contributed by atoms with van der Waals surface area (Å²) < 4.78 is 32.8. The highest BCUT2D eigenvalue weighted by Gasteiger charge is 2.36. The van der Waals surface area contributed by atoms with E-state index in [0.29, 0.717) is 22.7 Å². The molecule has 1 saturated heterocycles. The third-order valence-electron chi connectivity index (χ3n) is 6.94. The summed E-state index contributed by atoms with van der Waals surface area (Å²) in [5.74, 6) is -0.917. The van der Waals surface area contributed by atoms with E-state index >= 15 is 0 Å². The van der Waals surface area contributed by atoms with Crippen molar-refractivity contribution in [3.05, 3.63) is 100 Å². The lowest BCUT2D eigenvalue weighted by atomic mass is 9.98. The van der Waals surface area contributed by atoms with E-state index in [1.165, 1.54) is 23.2 Å². The highest BCUT2D eigenvalue weighted by Crippen LogP contribution is 2.30. The molecule has 3 aromatic carbocycles. The van der Waals surface area contributed by atoms with E-state index in [1.807, 2.05) is 18.2 Å². The average molecular weight is 575 g/mol. The van der Waals surface area contributed by atoms with E-state index in [4.69, 9.17) is 4.74 Å². The average Bonchev–Trinajstić information content (AvgIpc) is 3.27. The first-order valence-corrected chi connectivity index (χ1v) is 14.3. The molecule has 0 bridgehead atoms. The topological polar surface area (TPSA) is 139 Å². The second-order valence-corrected chi connectivity index (χ2v) is 11.5. The van der Waals surface area contributed by atoms with Crippen LogP contribution in [-0.4, -0.2) is 48.3 Å². The number of para-hydroxylation sites is 2. The number of nitro benzene ring substituents is 1. The Morgan fingerprint density at radius 1 is 1.00 bits per heavy atom. The van der Waals surface area contributed by atoms with Crippen molar-refractivity contribution in [3.8, 4) is 5.75 Å². The molecule has 2 aliphatic heterocycles. The van der Waals surface area contributed by atoms with Gasteiger partial charge >= 0.3 is 5.97 Å². The number of benzene rings is 3. The Morgan fingerprint density at radius 3 is 2.29 bits per heavy atom. The maximum absolute atomic E-state index is 13.0. The van der Waals surface area contributed by atoms with Gasteiger partial charge in [-0.05, 0) is 61.7 Å². The van der Waals surface area contributed by atoms with Crippen molar-refractivity contribution in [2.45, 2.75) is 24.7 Å². The van der Waals surface area contributed by atoms with Crippen LogP contribution in [0, 0.1) is 16.0 Å². The number of anilines is 1. The van der Waals surface area contributed by atoms with Crippen LogP contribution in [0.2, 0.25) is 0 Å². The van der Waals surface area contributed by atoms with E-state index in [9.17, 15) is 28.1 Å². The van der Waals surface area contributed by atoms with E-state index in [2.05, 4.69) is 5.10 Å². The Morgan fingerprint density at radius 2 is 1.63 bits per heavy atom. The number of nitrogens with zero attached hydrogens (tertiary/aromatic N) is 4. The van der Waals surface area contributed by atoms with Crippen molar-refractivity contribution < 1.29 is 27.7 Å². The lowest BCUT2D eigenvalue weighted by molar-refractivity contribution is -0.387. The number of hydrazone groups is 1. The molecule has 210 valence electrons. The Balaban J connectivity index is 1.19. The van der Waals surface area contributed by atoms with Gasteiger partial charge in [-0.3, -0.25) is 19.7 Å². The minimum Gasteiger partial charge on any atom is -0.426 e. The second-order valence-electron chi connectivity index (χ2n) is 9.59. The number of hydrogen-bond acceptors (Lipinski definition) is 8. The molecule has 1 amide bonds. The minimum atomic E-state index is -4.09. The molecular weight excluding hydrogens is 548 g/mol. The van der Waals surface area contributed by atoms with E-state index < -0.39 is 32.5 Å². The monoisotopic (exact) mass is 574 g/mol. The fourth-order valence-corrected chi connectivity index (χ4v) is 6.35. The number of sulfonamides is 1. The number of nitro groups is 1. The first-order valence-electron chi connectivity index (χ1n) is 12.9. The van der Waals surface area contributed by atoms with Gasteiger partial charge in [0.1, 0.15) is 5.75 Å². The third-order valence-corrected chi connectivity index (χ3v) is 8.89. The lowest BCUT2D eigenvalue weighted by Gasteiger charge is -2.29. The van der Waals surface area contributed by atoms with Crippen LogP contribution < -0.4 is 9.75 Å². The molecule has 5 rings (SSSR count). The van der Waals surface area contributed by atoms with Crippen molar-refractivity contribution in [2.75, 3.05) is 18.1 Å². The molecule has 0 aliphatic carbocycles. The summed E-state index contributed by atoms with van der Waals surface area (Å²) in [6.07, 6.45) is 2.17. The molecule has 11 nitrogen and oxygen atoms in total. The number of amides is 1. The van der Waals surface area contributed by atoms with Gasteiger partial charge in [0.25, 0.3) is 11.6 Å². The molecule has 3 aromatic rings. The Labute approximate surface area is 236 Å². The summed E-state index contributed by atoms with van der Waals surface area (Å²) in [6.45, 7) is 1.84. The van der Waals surface area contributed by atoms with E-state index in [0.717, 1.165) is 15.9 Å². The normalized spacial score (nSPS) is 17.5. The molecule has 12 heteroatoms. The molecule has 0 saturated carbocycles. The van der Waals surface area contributed by atoms with E-state index in [-0.39, 0.29) is 36.7 Å². The Hall–Kier alpha value is -4.68. The van der Waals surface area contributed by atoms with Crippen LogP contribution in [0.1, 0.15) is 25.3 Å². The van der Waals surface area contributed by atoms with Gasteiger partial charge in [-0.25, -0.2) is 8.42 Å². The van der Waals surface area contributed by atoms with Crippen LogP contribution in [0.3, 0.4) is 0 Å². The quantitative estimate of drug-likeness (QED) is 0.134. The van der Waals surface area contributed by atoms with Crippen molar-refractivity contribution in [2.24, 2.45) is 11.0 Å². The number of carbonyl (C=O) groups excluding carboxylic acids is 2. The maximum atomic E-state index is 13.0. The van der Waals surface area contributed by atoms with Crippen molar-refractivity contribution in [1.82, 2.24) is 4.31 Å². The summed E-state index contributed by atoms with van der Waals surface area (Å²) >= 11 is 0. The molecule has 2 heterocycles. The van der Waals surface area contributed by atoms with Gasteiger partial charge in [0.2, 0.25) is 10.0 Å². The van der Waals surface area contributed by atoms with Crippen LogP contribution in [-0.2, 0) is 19.6 Å². The zero-order chi connectivity index (χ0) is 29.1. The predicted octanol–water partition coefficient (Wildman–Crippen LogP) is 4.41. The van der Waals surface area contributed by atoms with Crippen LogP contribution >= 0.6 is 0 Å². The number of carbonyl (C=O) groups is 2. The summed E-state index contributed by atoms with van der Waals surface area (Å²) in [4.78, 5) is 35.9. The van der Waals surface area contributed by atoms with Crippen molar-refractivity contribution in [3.63, 3.8) is 0 Å². The molecule has 0 spiro atoms. The molecule has 0 radical (unpaired) electrons. The van der Waals surface area contributed by atoms with Gasteiger partial charge in [-0.15, -0.1) is 0 Å². The van der Waals surface area contributed by atoms with Gasteiger partial charge in [-0.2, -0.15) is 14.4 Å². The number of rotatable bonds is 7. The summed E-state index contributed by atoms with van der Waals surface area (Å²) in [6, 6.07) is 21.0. The molecule has 0 unspecified atom stereocenters. The first-order chi connectivity index (χ1) is 19.6.